The van der Waals surface area contributed by atoms with Gasteiger partial charge in [-0.15, -0.1) is 36.2 Å². The lowest BCUT2D eigenvalue weighted by atomic mass is 9.90. The fourth-order valence-corrected chi connectivity index (χ4v) is 3.80. The van der Waals surface area contributed by atoms with Crippen LogP contribution in [0.1, 0.15) is 22.1 Å². The lowest BCUT2D eigenvalue weighted by Crippen LogP contribution is -2.35. The topological polar surface area (TPSA) is 63.1 Å². The highest BCUT2D eigenvalue weighted by Gasteiger charge is 2.36. The monoisotopic (exact) mass is 391 g/mol. The highest BCUT2D eigenvalue weighted by Crippen LogP contribution is 2.29. The second-order valence-electron chi connectivity index (χ2n) is 5.87. The first kappa shape index (κ1) is 20.9. The van der Waals surface area contributed by atoms with Gasteiger partial charge in [0.25, 0.3) is 0 Å². The van der Waals surface area contributed by atoms with Gasteiger partial charge in [-0.2, -0.15) is 5.10 Å². The molecule has 1 aliphatic rings. The maximum Gasteiger partial charge on any atom is 0.227 e. The molecule has 1 N–H and O–H groups in total. The van der Waals surface area contributed by atoms with Crippen LogP contribution in [0.3, 0.4) is 0 Å². The van der Waals surface area contributed by atoms with E-state index in [-0.39, 0.29) is 42.6 Å². The molecular formula is C15H23Cl2N5OS. The molecule has 0 aliphatic carbocycles. The van der Waals surface area contributed by atoms with Gasteiger partial charge in [0.1, 0.15) is 0 Å². The third-order valence-corrected chi connectivity index (χ3v) is 5.21. The smallest absolute Gasteiger partial charge is 0.227 e. The van der Waals surface area contributed by atoms with E-state index >= 15 is 0 Å². The van der Waals surface area contributed by atoms with Crippen LogP contribution >= 0.6 is 36.2 Å². The molecule has 2 aromatic heterocycles. The van der Waals surface area contributed by atoms with E-state index in [1.165, 1.54) is 0 Å². The first-order valence-electron chi connectivity index (χ1n) is 7.39. The molecule has 2 aromatic rings. The summed E-state index contributed by atoms with van der Waals surface area (Å²) < 4.78 is 1.79. The molecular weight excluding hydrogens is 369 g/mol. The number of nitrogens with zero attached hydrogens (tertiary/aromatic N) is 4. The molecule has 1 aliphatic heterocycles. The maximum absolute atomic E-state index is 12.8. The van der Waals surface area contributed by atoms with E-state index in [9.17, 15) is 4.79 Å². The average molecular weight is 392 g/mol. The summed E-state index contributed by atoms with van der Waals surface area (Å²) in [6, 6.07) is 0. The SMILES string of the molecule is Cc1ncsc1CN(C)C(=O)[C@H]1CNC[C@@H]1c1cnn(C)c1.Cl.Cl. The minimum atomic E-state index is -0.0255. The molecule has 1 amide bonds. The molecule has 24 heavy (non-hydrogen) atoms. The Hall–Kier alpha value is -1.15. The number of halogens is 2. The number of aryl methyl sites for hydroxylation is 2. The predicted octanol–water partition coefficient (Wildman–Crippen LogP) is 1.99. The Morgan fingerprint density at radius 3 is 2.79 bits per heavy atom. The van der Waals surface area contributed by atoms with E-state index in [4.69, 9.17) is 0 Å². The van der Waals surface area contributed by atoms with Gasteiger partial charge in [-0.1, -0.05) is 0 Å². The third-order valence-electron chi connectivity index (χ3n) is 4.29. The van der Waals surface area contributed by atoms with Crippen LogP contribution in [-0.4, -0.2) is 45.7 Å². The van der Waals surface area contributed by atoms with Gasteiger partial charge in [0, 0.05) is 44.2 Å². The molecule has 0 bridgehead atoms. The van der Waals surface area contributed by atoms with E-state index in [0.29, 0.717) is 6.54 Å². The standard InChI is InChI=1S/C15H21N5OS.2ClH/c1-10-14(22-9-17-10)8-19(2)15(21)13-6-16-5-12(13)11-4-18-20(3)7-11;;/h4,7,9,12-13,16H,5-6,8H2,1-3H3;2*1H/t12-,13+;;/m1../s1. The van der Waals surface area contributed by atoms with Crippen LogP contribution in [0, 0.1) is 12.8 Å². The maximum atomic E-state index is 12.8. The van der Waals surface area contributed by atoms with E-state index < -0.39 is 0 Å². The molecule has 0 aromatic carbocycles. The van der Waals surface area contributed by atoms with Crippen LogP contribution in [0.5, 0.6) is 0 Å². The number of nitrogens with one attached hydrogen (secondary N) is 1. The van der Waals surface area contributed by atoms with E-state index in [0.717, 1.165) is 29.2 Å². The summed E-state index contributed by atoms with van der Waals surface area (Å²) in [4.78, 5) is 20.0. The van der Waals surface area contributed by atoms with Crippen molar-refractivity contribution in [2.75, 3.05) is 20.1 Å². The zero-order valence-electron chi connectivity index (χ0n) is 13.9. The summed E-state index contributed by atoms with van der Waals surface area (Å²) in [6.07, 6.45) is 3.87. The fraction of sp³-hybridized carbons (Fsp3) is 0.533. The molecule has 1 fully saturated rings. The summed E-state index contributed by atoms with van der Waals surface area (Å²) >= 11 is 1.60. The Morgan fingerprint density at radius 1 is 1.46 bits per heavy atom. The Kier molecular flexibility index (Phi) is 7.66. The largest absolute Gasteiger partial charge is 0.340 e. The number of rotatable bonds is 4. The molecule has 1 saturated heterocycles. The Labute approximate surface area is 158 Å². The van der Waals surface area contributed by atoms with Crippen molar-refractivity contribution in [3.63, 3.8) is 0 Å². The summed E-state index contributed by atoms with van der Waals surface area (Å²) in [6.45, 7) is 4.17. The van der Waals surface area contributed by atoms with Gasteiger partial charge in [0.2, 0.25) is 5.91 Å². The molecule has 134 valence electrons. The van der Waals surface area contributed by atoms with Crippen molar-refractivity contribution in [1.82, 2.24) is 25.0 Å². The Morgan fingerprint density at radius 2 is 2.21 bits per heavy atom. The number of carbonyl (C=O) groups excluding carboxylic acids is 1. The molecule has 0 unspecified atom stereocenters. The van der Waals surface area contributed by atoms with Crippen LogP contribution in [-0.2, 0) is 18.4 Å². The number of carbonyl (C=O) groups is 1. The second-order valence-corrected chi connectivity index (χ2v) is 6.81. The van der Waals surface area contributed by atoms with Crippen molar-refractivity contribution >= 4 is 42.1 Å². The minimum Gasteiger partial charge on any atom is -0.340 e. The summed E-state index contributed by atoms with van der Waals surface area (Å²) in [7, 11) is 3.78. The zero-order chi connectivity index (χ0) is 15.7. The van der Waals surface area contributed by atoms with Crippen LogP contribution in [0.2, 0.25) is 0 Å². The Bertz CT molecular complexity index is 674. The van der Waals surface area contributed by atoms with Crippen LogP contribution < -0.4 is 5.32 Å². The predicted molar refractivity (Wildman–Crippen MR) is 100 cm³/mol. The number of hydrogen-bond acceptors (Lipinski definition) is 5. The zero-order valence-corrected chi connectivity index (χ0v) is 16.4. The first-order chi connectivity index (χ1) is 10.6. The van der Waals surface area contributed by atoms with Crippen LogP contribution in [0.4, 0.5) is 0 Å². The first-order valence-corrected chi connectivity index (χ1v) is 8.27. The molecule has 0 spiro atoms. The van der Waals surface area contributed by atoms with Crippen molar-refractivity contribution < 1.29 is 4.79 Å². The van der Waals surface area contributed by atoms with Gasteiger partial charge in [-0.3, -0.25) is 9.48 Å². The number of amides is 1. The van der Waals surface area contributed by atoms with Crippen molar-refractivity contribution in [1.29, 1.82) is 0 Å². The van der Waals surface area contributed by atoms with E-state index in [1.807, 2.05) is 43.8 Å². The molecule has 0 radical (unpaired) electrons. The number of hydrogen-bond donors (Lipinski definition) is 1. The van der Waals surface area contributed by atoms with Gasteiger partial charge in [-0.05, 0) is 12.5 Å². The van der Waals surface area contributed by atoms with Gasteiger partial charge in [0.05, 0.1) is 29.9 Å². The lowest BCUT2D eigenvalue weighted by molar-refractivity contribution is -0.134. The lowest BCUT2D eigenvalue weighted by Gasteiger charge is -2.23. The van der Waals surface area contributed by atoms with Crippen molar-refractivity contribution in [2.24, 2.45) is 13.0 Å². The molecule has 3 heterocycles. The molecule has 0 saturated carbocycles. The molecule has 2 atom stereocenters. The fourth-order valence-electron chi connectivity index (χ4n) is 2.97. The van der Waals surface area contributed by atoms with Gasteiger partial charge < -0.3 is 10.2 Å². The van der Waals surface area contributed by atoms with Gasteiger partial charge in [0.15, 0.2) is 0 Å². The summed E-state index contributed by atoms with van der Waals surface area (Å²) in [5.74, 6) is 0.361. The summed E-state index contributed by atoms with van der Waals surface area (Å²) in [5.41, 5.74) is 3.98. The average Bonchev–Trinajstić information content (AvgIpc) is 3.20. The minimum absolute atomic E-state index is 0. The van der Waals surface area contributed by atoms with E-state index in [2.05, 4.69) is 15.4 Å². The van der Waals surface area contributed by atoms with Crippen molar-refractivity contribution in [3.05, 3.63) is 34.0 Å². The summed E-state index contributed by atoms with van der Waals surface area (Å²) in [5, 5.41) is 7.57. The normalized spacial score (nSPS) is 19.5. The highest BCUT2D eigenvalue weighted by molar-refractivity contribution is 7.09. The van der Waals surface area contributed by atoms with E-state index in [1.54, 1.807) is 16.0 Å². The third kappa shape index (κ3) is 4.27. The molecule has 9 heteroatoms. The van der Waals surface area contributed by atoms with Crippen molar-refractivity contribution in [3.8, 4) is 0 Å². The van der Waals surface area contributed by atoms with Gasteiger partial charge >= 0.3 is 0 Å². The Balaban J connectivity index is 0.00000144. The highest BCUT2D eigenvalue weighted by atomic mass is 35.5. The second kappa shape index (κ2) is 8.80. The van der Waals surface area contributed by atoms with Crippen LogP contribution in [0.15, 0.2) is 17.9 Å². The quantitative estimate of drug-likeness (QED) is 0.865. The van der Waals surface area contributed by atoms with Gasteiger partial charge in [-0.25, -0.2) is 4.98 Å². The van der Waals surface area contributed by atoms with Crippen LogP contribution in [0.25, 0.3) is 0 Å². The molecule has 3 rings (SSSR count). The van der Waals surface area contributed by atoms with Crippen molar-refractivity contribution in [2.45, 2.75) is 19.4 Å². The number of aromatic nitrogens is 3. The number of thiazole rings is 1. The molecule has 6 nitrogen and oxygen atoms in total.